The summed E-state index contributed by atoms with van der Waals surface area (Å²) in [5.74, 6) is -1.68. The highest BCUT2D eigenvalue weighted by atomic mass is 19.1. The number of halogens is 1. The van der Waals surface area contributed by atoms with Gasteiger partial charge in [0.1, 0.15) is 11.5 Å². The van der Waals surface area contributed by atoms with Crippen LogP contribution in [0.15, 0.2) is 83.9 Å². The van der Waals surface area contributed by atoms with Gasteiger partial charge in [0.2, 0.25) is 5.91 Å². The molecule has 2 atom stereocenters. The Morgan fingerprint density at radius 2 is 1.68 bits per heavy atom. The van der Waals surface area contributed by atoms with Crippen molar-refractivity contribution in [3.8, 4) is 6.07 Å². The van der Waals surface area contributed by atoms with Crippen molar-refractivity contribution in [3.63, 3.8) is 0 Å². The molecule has 3 N–H and O–H groups in total. The van der Waals surface area contributed by atoms with Crippen LogP contribution in [-0.2, 0) is 4.79 Å². The number of aromatic nitrogens is 2. The number of nitrogens with zero attached hydrogens (tertiary/aromatic N) is 2. The molecule has 38 heavy (non-hydrogen) atoms. The topological polar surface area (TPSA) is 128 Å². The lowest BCUT2D eigenvalue weighted by atomic mass is 9.87. The molecule has 0 aliphatic heterocycles. The maximum atomic E-state index is 13.3. The molecule has 0 saturated carbocycles. The molecule has 4 aromatic rings. The van der Waals surface area contributed by atoms with Crippen molar-refractivity contribution in [3.05, 3.63) is 129 Å². The van der Waals surface area contributed by atoms with Crippen LogP contribution in [0.4, 0.5) is 10.1 Å². The molecule has 2 aromatic heterocycles. The Kier molecular flexibility index (Phi) is 7.85. The highest BCUT2D eigenvalue weighted by Crippen LogP contribution is 2.31. The van der Waals surface area contributed by atoms with Gasteiger partial charge in [-0.2, -0.15) is 5.26 Å². The van der Waals surface area contributed by atoms with Crippen LogP contribution in [0.3, 0.4) is 0 Å². The standard InChI is InChI=1S/C29H24FN5O3/c1-17(32-2)28(37)35-25-12-11-24(34-29(25)38)26(19-5-3-18(14-31)4-6-19)21-13-22(16-33-15-21)27(36)20-7-9-23(30)10-8-20/h3-13,15-17,26,32H,1-2H3,(H,34,38)(H,35,37)/t17-,26?/m0/s1. The summed E-state index contributed by atoms with van der Waals surface area (Å²) in [6.07, 6.45) is 3.02. The van der Waals surface area contributed by atoms with Crippen LogP contribution in [0.1, 0.15) is 51.1 Å². The highest BCUT2D eigenvalue weighted by Gasteiger charge is 2.22. The lowest BCUT2D eigenvalue weighted by molar-refractivity contribution is -0.117. The molecule has 0 radical (unpaired) electrons. The van der Waals surface area contributed by atoms with Crippen LogP contribution in [-0.4, -0.2) is 34.7 Å². The summed E-state index contributed by atoms with van der Waals surface area (Å²) in [6, 6.07) is 18.5. The SMILES string of the molecule is CN[C@@H](C)C(=O)Nc1ccc(C(c2ccc(C#N)cc2)c2cncc(C(=O)c3ccc(F)cc3)c2)[nH]c1=O. The van der Waals surface area contributed by atoms with Crippen molar-refractivity contribution >= 4 is 17.4 Å². The van der Waals surface area contributed by atoms with Crippen molar-refractivity contribution in [1.29, 1.82) is 5.26 Å². The number of nitriles is 1. The molecule has 8 nitrogen and oxygen atoms in total. The van der Waals surface area contributed by atoms with Crippen LogP contribution in [0.5, 0.6) is 0 Å². The molecule has 1 unspecified atom stereocenters. The number of benzene rings is 2. The summed E-state index contributed by atoms with van der Waals surface area (Å²) in [4.78, 5) is 45.3. The van der Waals surface area contributed by atoms with Crippen molar-refractivity contribution in [2.75, 3.05) is 12.4 Å². The fraction of sp³-hybridized carbons (Fsp3) is 0.138. The van der Waals surface area contributed by atoms with Crippen molar-refractivity contribution in [2.45, 2.75) is 18.9 Å². The second kappa shape index (κ2) is 11.4. The maximum absolute atomic E-state index is 13.3. The minimum atomic E-state index is -0.551. The molecule has 0 fully saturated rings. The summed E-state index contributed by atoms with van der Waals surface area (Å²) >= 11 is 0. The number of likely N-dealkylation sites (N-methyl/N-ethyl adjacent to an activating group) is 1. The van der Waals surface area contributed by atoms with Crippen LogP contribution in [0, 0.1) is 17.1 Å². The Balaban J connectivity index is 1.76. The predicted octanol–water partition coefficient (Wildman–Crippen LogP) is 3.74. The van der Waals surface area contributed by atoms with Crippen molar-refractivity contribution in [1.82, 2.24) is 15.3 Å². The number of aromatic amines is 1. The van der Waals surface area contributed by atoms with E-state index in [1.54, 1.807) is 56.6 Å². The average Bonchev–Trinajstić information content (AvgIpc) is 2.94. The van der Waals surface area contributed by atoms with E-state index in [0.717, 1.165) is 5.56 Å². The summed E-state index contributed by atoms with van der Waals surface area (Å²) in [5, 5.41) is 14.6. The molecule has 0 spiro atoms. The molecule has 0 aliphatic carbocycles. The first-order valence-corrected chi connectivity index (χ1v) is 11.8. The van der Waals surface area contributed by atoms with E-state index in [4.69, 9.17) is 0 Å². The fourth-order valence-corrected chi connectivity index (χ4v) is 3.94. The first-order valence-electron chi connectivity index (χ1n) is 11.8. The smallest absolute Gasteiger partial charge is 0.271 e. The third kappa shape index (κ3) is 5.72. The molecular formula is C29H24FN5O3. The maximum Gasteiger partial charge on any atom is 0.271 e. The number of pyridine rings is 2. The second-order valence-corrected chi connectivity index (χ2v) is 8.67. The van der Waals surface area contributed by atoms with Gasteiger partial charge in [-0.15, -0.1) is 0 Å². The predicted molar refractivity (Wildman–Crippen MR) is 140 cm³/mol. The lowest BCUT2D eigenvalue weighted by Gasteiger charge is -2.19. The van der Waals surface area contributed by atoms with Gasteiger partial charge in [0.15, 0.2) is 5.78 Å². The zero-order chi connectivity index (χ0) is 27.2. The number of hydrogen-bond donors (Lipinski definition) is 3. The fourth-order valence-electron chi connectivity index (χ4n) is 3.94. The molecule has 1 amide bonds. The molecular weight excluding hydrogens is 485 g/mol. The monoisotopic (exact) mass is 509 g/mol. The van der Waals surface area contributed by atoms with E-state index in [1.165, 1.54) is 36.5 Å². The van der Waals surface area contributed by atoms with Crippen LogP contribution < -0.4 is 16.2 Å². The van der Waals surface area contributed by atoms with Gasteiger partial charge in [-0.1, -0.05) is 12.1 Å². The van der Waals surface area contributed by atoms with Crippen LogP contribution >= 0.6 is 0 Å². The lowest BCUT2D eigenvalue weighted by Crippen LogP contribution is -2.36. The molecule has 0 bridgehead atoms. The van der Waals surface area contributed by atoms with Gasteiger partial charge in [-0.25, -0.2) is 4.39 Å². The Hall–Kier alpha value is -4.94. The van der Waals surface area contributed by atoms with E-state index in [9.17, 15) is 24.0 Å². The van der Waals surface area contributed by atoms with Crippen molar-refractivity contribution in [2.24, 2.45) is 0 Å². The summed E-state index contributed by atoms with van der Waals surface area (Å²) in [6.45, 7) is 1.67. The van der Waals surface area contributed by atoms with Gasteiger partial charge in [0.05, 0.1) is 23.6 Å². The number of carbonyl (C=O) groups is 2. The number of anilines is 1. The number of hydrogen-bond acceptors (Lipinski definition) is 6. The largest absolute Gasteiger partial charge is 0.323 e. The number of H-pyrrole nitrogens is 1. The Morgan fingerprint density at radius 1 is 0.974 bits per heavy atom. The molecule has 0 saturated heterocycles. The summed E-state index contributed by atoms with van der Waals surface area (Å²) in [7, 11) is 1.64. The third-order valence-corrected chi connectivity index (χ3v) is 6.16. The van der Waals surface area contributed by atoms with E-state index in [2.05, 4.69) is 26.7 Å². The summed E-state index contributed by atoms with van der Waals surface area (Å²) < 4.78 is 13.3. The van der Waals surface area contributed by atoms with E-state index < -0.39 is 23.3 Å². The molecule has 4 rings (SSSR count). The Morgan fingerprint density at radius 3 is 2.32 bits per heavy atom. The number of amides is 1. The van der Waals surface area contributed by atoms with E-state index >= 15 is 0 Å². The van der Waals surface area contributed by atoms with Crippen molar-refractivity contribution < 1.29 is 14.0 Å². The van der Waals surface area contributed by atoms with E-state index in [0.29, 0.717) is 27.9 Å². The number of carbonyl (C=O) groups excluding carboxylic acids is 2. The molecule has 2 heterocycles. The van der Waals surface area contributed by atoms with E-state index in [-0.39, 0.29) is 17.4 Å². The molecule has 2 aromatic carbocycles. The minimum absolute atomic E-state index is 0.0952. The van der Waals surface area contributed by atoms with Gasteiger partial charge in [0, 0.05) is 29.2 Å². The number of ketones is 1. The zero-order valence-corrected chi connectivity index (χ0v) is 20.7. The van der Waals surface area contributed by atoms with Gasteiger partial charge >= 0.3 is 0 Å². The number of nitrogens with one attached hydrogen (secondary N) is 3. The third-order valence-electron chi connectivity index (χ3n) is 6.16. The first kappa shape index (κ1) is 26.1. The van der Waals surface area contributed by atoms with Gasteiger partial charge in [-0.05, 0) is 79.7 Å². The molecule has 190 valence electrons. The average molecular weight is 510 g/mol. The van der Waals surface area contributed by atoms with Gasteiger partial charge in [-0.3, -0.25) is 19.4 Å². The molecule has 0 aliphatic rings. The van der Waals surface area contributed by atoms with Gasteiger partial charge in [0.25, 0.3) is 5.56 Å². The van der Waals surface area contributed by atoms with Crippen LogP contribution in [0.25, 0.3) is 0 Å². The quantitative estimate of drug-likeness (QED) is 0.311. The van der Waals surface area contributed by atoms with Crippen LogP contribution in [0.2, 0.25) is 0 Å². The van der Waals surface area contributed by atoms with E-state index in [1.807, 2.05) is 0 Å². The number of rotatable bonds is 8. The summed E-state index contributed by atoms with van der Waals surface area (Å²) in [5.41, 5.74) is 2.52. The van der Waals surface area contributed by atoms with Gasteiger partial charge < -0.3 is 15.6 Å². The highest BCUT2D eigenvalue weighted by molar-refractivity contribution is 6.08. The Bertz CT molecular complexity index is 1570. The zero-order valence-electron chi connectivity index (χ0n) is 20.7. The Labute approximate surface area is 218 Å². The minimum Gasteiger partial charge on any atom is -0.323 e. The first-order chi connectivity index (χ1) is 18.3. The molecule has 9 heteroatoms. The second-order valence-electron chi connectivity index (χ2n) is 8.67. The normalized spacial score (nSPS) is 12.3.